The lowest BCUT2D eigenvalue weighted by atomic mass is 9.88. The fourth-order valence-corrected chi connectivity index (χ4v) is 4.55. The van der Waals surface area contributed by atoms with Crippen LogP contribution in [-0.2, 0) is 13.6 Å². The van der Waals surface area contributed by atoms with Crippen molar-refractivity contribution in [2.75, 3.05) is 13.2 Å². The molecule has 0 aromatic rings. The molecule has 6 nitrogen and oxygen atoms in total. The maximum Gasteiger partial charge on any atom is 0.472 e. The van der Waals surface area contributed by atoms with Gasteiger partial charge < -0.3 is 15.1 Å². The Labute approximate surface area is 320 Å². The minimum atomic E-state index is -9.10. The molecule has 0 saturated carbocycles. The Hall–Kier alpha value is -2.35. The van der Waals surface area contributed by atoms with Crippen molar-refractivity contribution in [2.24, 2.45) is 0 Å². The molecule has 0 spiro atoms. The smallest absolute Gasteiger partial charge is 0.390 e. The third kappa shape index (κ3) is 9.35. The number of phosphoric ester groups is 1. The standard InChI is InChI=1S/C22H13F34O6P/c23-7(24,9(27,28)11(31,32)13(35,36)15(39,40)17(43,44)19(47,48)21(51,52)53)1-5(57)3-61-63(59,60)62-4-6(58)2-8(25,26)10(29,30)12(33,34)14(37,38)16(41,42)18(45,46)20(49,50)22(54,55)56/h5-6,57-58H,1-4H2,(H,59,60). The Morgan fingerprint density at radius 1 is 0.317 bits per heavy atom. The summed E-state index contributed by atoms with van der Waals surface area (Å²) >= 11 is 0. The molecule has 0 radical (unpaired) electrons. The molecule has 0 fully saturated rings. The Kier molecular flexibility index (Phi) is 15.8. The van der Waals surface area contributed by atoms with Crippen molar-refractivity contribution < 1.29 is 178 Å². The predicted molar refractivity (Wildman–Crippen MR) is 124 cm³/mol. The number of alkyl halides is 34. The average Bonchev–Trinajstić information content (AvgIpc) is 3.04. The molecule has 2 unspecified atom stereocenters. The van der Waals surface area contributed by atoms with Gasteiger partial charge in [0, 0.05) is 12.8 Å². The van der Waals surface area contributed by atoms with Crippen molar-refractivity contribution in [2.45, 2.75) is 120 Å². The summed E-state index contributed by atoms with van der Waals surface area (Å²) in [5.74, 6) is -121. The number of rotatable bonds is 22. The summed E-state index contributed by atoms with van der Waals surface area (Å²) in [6.45, 7) is -5.60. The highest BCUT2D eigenvalue weighted by atomic mass is 31.2. The van der Waals surface area contributed by atoms with Crippen molar-refractivity contribution in [3.63, 3.8) is 0 Å². The first-order valence-corrected chi connectivity index (χ1v) is 15.6. The van der Waals surface area contributed by atoms with Crippen LogP contribution in [0.5, 0.6) is 0 Å². The molecule has 0 aliphatic rings. The zero-order valence-corrected chi connectivity index (χ0v) is 28.7. The average molecular weight is 1050 g/mol. The molecule has 0 aliphatic heterocycles. The molecule has 0 aromatic carbocycles. The molecular weight excluding hydrogens is 1040 g/mol. The number of halogens is 34. The minimum Gasteiger partial charge on any atom is -0.390 e. The summed E-state index contributed by atoms with van der Waals surface area (Å²) < 4.78 is 471. The van der Waals surface area contributed by atoms with Crippen LogP contribution in [0.1, 0.15) is 12.8 Å². The van der Waals surface area contributed by atoms with Gasteiger partial charge in [0.2, 0.25) is 0 Å². The molecule has 0 heterocycles. The minimum absolute atomic E-state index is 2.80. The normalized spacial score (nSPS) is 18.4. The third-order valence-corrected chi connectivity index (χ3v) is 8.37. The van der Waals surface area contributed by atoms with Gasteiger partial charge in [0.25, 0.3) is 0 Å². The van der Waals surface area contributed by atoms with Gasteiger partial charge in [-0.3, -0.25) is 9.05 Å². The van der Waals surface area contributed by atoms with Gasteiger partial charge in [-0.05, 0) is 0 Å². The first kappa shape index (κ1) is 60.6. The van der Waals surface area contributed by atoms with Gasteiger partial charge >= 0.3 is 103 Å². The highest BCUT2D eigenvalue weighted by Gasteiger charge is 2.97. The fraction of sp³-hybridized carbons (Fsp3) is 1.00. The van der Waals surface area contributed by atoms with E-state index in [1.54, 1.807) is 0 Å². The number of hydrogen-bond acceptors (Lipinski definition) is 5. The SMILES string of the molecule is O=P(O)(OCC(O)CC(F)(F)C(F)(F)C(F)(F)C(F)(F)C(F)(F)C(F)(F)C(F)(F)C(F)(F)F)OCC(O)CC(F)(F)C(F)(F)C(F)(F)C(F)(F)C(F)(F)C(F)(F)C(F)(F)C(F)(F)F. The molecule has 0 aromatic heterocycles. The van der Waals surface area contributed by atoms with Crippen LogP contribution in [0.15, 0.2) is 0 Å². The van der Waals surface area contributed by atoms with E-state index < -0.39 is 141 Å². The van der Waals surface area contributed by atoms with Crippen LogP contribution in [0.4, 0.5) is 149 Å². The van der Waals surface area contributed by atoms with Gasteiger partial charge in [-0.15, -0.1) is 0 Å². The zero-order valence-electron chi connectivity index (χ0n) is 27.8. The van der Waals surface area contributed by atoms with E-state index in [1.165, 1.54) is 0 Å². The number of phosphoric acid groups is 1. The van der Waals surface area contributed by atoms with E-state index in [9.17, 15) is 164 Å². The number of aliphatic hydroxyl groups is 2. The van der Waals surface area contributed by atoms with Gasteiger partial charge in [0.15, 0.2) is 0 Å². The summed E-state index contributed by atoms with van der Waals surface area (Å²) in [6, 6.07) is 0. The summed E-state index contributed by atoms with van der Waals surface area (Å²) in [7, 11) is -6.68. The second-order valence-electron chi connectivity index (χ2n) is 12.1. The molecule has 2 atom stereocenters. The van der Waals surface area contributed by atoms with E-state index in [0.717, 1.165) is 0 Å². The maximum absolute atomic E-state index is 14.0. The first-order valence-electron chi connectivity index (χ1n) is 14.1. The Morgan fingerprint density at radius 2 is 0.476 bits per heavy atom. The van der Waals surface area contributed by atoms with Crippen LogP contribution in [0, 0.1) is 0 Å². The summed E-state index contributed by atoms with van der Waals surface area (Å²) in [5.41, 5.74) is 0. The van der Waals surface area contributed by atoms with Crippen LogP contribution in [-0.4, -0.2) is 136 Å². The van der Waals surface area contributed by atoms with Gasteiger partial charge in [0.1, 0.15) is 0 Å². The topological polar surface area (TPSA) is 96.2 Å². The summed E-state index contributed by atoms with van der Waals surface area (Å²) in [6.07, 6.45) is -31.9. The van der Waals surface area contributed by atoms with Crippen LogP contribution in [0.25, 0.3) is 0 Å². The van der Waals surface area contributed by atoms with E-state index in [2.05, 4.69) is 9.05 Å². The van der Waals surface area contributed by atoms with E-state index >= 15 is 0 Å². The van der Waals surface area contributed by atoms with Gasteiger partial charge in [0.05, 0.1) is 25.4 Å². The molecule has 0 rings (SSSR count). The molecular formula is C22H13F34O6P. The molecule has 380 valence electrons. The molecule has 0 bridgehead atoms. The van der Waals surface area contributed by atoms with Crippen molar-refractivity contribution in [1.82, 2.24) is 0 Å². The van der Waals surface area contributed by atoms with Crippen molar-refractivity contribution in [3.05, 3.63) is 0 Å². The highest BCUT2D eigenvalue weighted by molar-refractivity contribution is 7.47. The fourth-order valence-electron chi connectivity index (χ4n) is 3.76. The highest BCUT2D eigenvalue weighted by Crippen LogP contribution is 2.66. The van der Waals surface area contributed by atoms with Crippen molar-refractivity contribution in [1.29, 1.82) is 0 Å². The Balaban J connectivity index is 6.21. The second kappa shape index (κ2) is 16.5. The molecule has 41 heteroatoms. The number of hydrogen-bond donors (Lipinski definition) is 3. The molecule has 3 N–H and O–H groups in total. The van der Waals surface area contributed by atoms with E-state index in [-0.39, 0.29) is 0 Å². The van der Waals surface area contributed by atoms with E-state index in [0.29, 0.717) is 0 Å². The molecule has 0 amide bonds. The van der Waals surface area contributed by atoms with E-state index in [4.69, 9.17) is 4.89 Å². The third-order valence-electron chi connectivity index (χ3n) is 7.42. The zero-order chi connectivity index (χ0) is 51.9. The van der Waals surface area contributed by atoms with Crippen LogP contribution in [0.3, 0.4) is 0 Å². The lowest BCUT2D eigenvalue weighted by Crippen LogP contribution is -2.74. The van der Waals surface area contributed by atoms with E-state index in [1.807, 2.05) is 0 Å². The van der Waals surface area contributed by atoms with Crippen LogP contribution < -0.4 is 0 Å². The van der Waals surface area contributed by atoms with Crippen LogP contribution in [0.2, 0.25) is 0 Å². The largest absolute Gasteiger partial charge is 0.472 e. The Bertz CT molecular complexity index is 1520. The molecule has 0 saturated heterocycles. The predicted octanol–water partition coefficient (Wildman–Crippen LogP) is 10.6. The van der Waals surface area contributed by atoms with Gasteiger partial charge in [-0.25, -0.2) is 4.57 Å². The Morgan fingerprint density at radius 3 is 0.651 bits per heavy atom. The monoisotopic (exact) mass is 1050 g/mol. The van der Waals surface area contributed by atoms with Gasteiger partial charge in [-0.2, -0.15) is 149 Å². The van der Waals surface area contributed by atoms with Crippen molar-refractivity contribution >= 4 is 7.82 Å². The maximum atomic E-state index is 14.0. The lowest BCUT2D eigenvalue weighted by molar-refractivity contribution is -0.462. The molecule has 63 heavy (non-hydrogen) atoms. The summed E-state index contributed by atoms with van der Waals surface area (Å²) in [4.78, 5) is 9.17. The van der Waals surface area contributed by atoms with Crippen molar-refractivity contribution in [3.8, 4) is 0 Å². The quantitative estimate of drug-likeness (QED) is 0.0739. The first-order chi connectivity index (χ1) is 26.7. The number of aliphatic hydroxyl groups excluding tert-OH is 2. The molecule has 0 aliphatic carbocycles. The lowest BCUT2D eigenvalue weighted by Gasteiger charge is -2.43. The second-order valence-corrected chi connectivity index (χ2v) is 13.5. The summed E-state index contributed by atoms with van der Waals surface area (Å²) in [5, 5.41) is 18.4. The van der Waals surface area contributed by atoms with Crippen LogP contribution >= 0.6 is 7.82 Å². The van der Waals surface area contributed by atoms with Gasteiger partial charge in [-0.1, -0.05) is 0 Å².